The first-order valence-corrected chi connectivity index (χ1v) is 8.49. The Hall–Kier alpha value is -0.820. The molecule has 0 spiro atoms. The Labute approximate surface area is 125 Å². The first-order valence-electron chi connectivity index (χ1n) is 8.49. The molecule has 0 heterocycles. The lowest BCUT2D eigenvalue weighted by Crippen LogP contribution is -2.41. The van der Waals surface area contributed by atoms with Crippen LogP contribution in [0.4, 0.5) is 0 Å². The molecule has 1 aliphatic carbocycles. The van der Waals surface area contributed by atoms with Crippen molar-refractivity contribution >= 4 is 0 Å². The van der Waals surface area contributed by atoms with Gasteiger partial charge >= 0.3 is 0 Å². The third-order valence-corrected chi connectivity index (χ3v) is 4.68. The summed E-state index contributed by atoms with van der Waals surface area (Å²) in [6.07, 6.45) is 6.66. The van der Waals surface area contributed by atoms with Gasteiger partial charge in [-0.2, -0.15) is 0 Å². The summed E-state index contributed by atoms with van der Waals surface area (Å²) in [6, 6.07) is 11.9. The highest BCUT2D eigenvalue weighted by Crippen LogP contribution is 2.38. The Morgan fingerprint density at radius 3 is 2.55 bits per heavy atom. The van der Waals surface area contributed by atoms with Crippen LogP contribution in [0.25, 0.3) is 0 Å². The van der Waals surface area contributed by atoms with E-state index in [0.29, 0.717) is 0 Å². The monoisotopic (exact) mass is 273 g/mol. The maximum Gasteiger partial charge on any atom is 0.00958 e. The van der Waals surface area contributed by atoms with E-state index in [1.165, 1.54) is 38.6 Å². The van der Waals surface area contributed by atoms with Gasteiger partial charge in [-0.15, -0.1) is 0 Å². The molecule has 1 nitrogen and oxygen atoms in total. The van der Waals surface area contributed by atoms with Gasteiger partial charge in [-0.25, -0.2) is 0 Å². The second-order valence-corrected chi connectivity index (χ2v) is 6.87. The van der Waals surface area contributed by atoms with Crippen molar-refractivity contribution in [2.24, 2.45) is 11.8 Å². The van der Waals surface area contributed by atoms with Crippen LogP contribution >= 0.6 is 0 Å². The van der Waals surface area contributed by atoms with E-state index in [-0.39, 0.29) is 0 Å². The third kappa shape index (κ3) is 4.34. The molecule has 1 aromatic rings. The molecular weight excluding hydrogens is 242 g/mol. The predicted octanol–water partition coefficient (Wildman–Crippen LogP) is 4.98. The van der Waals surface area contributed by atoms with Crippen molar-refractivity contribution in [3.8, 4) is 0 Å². The molecule has 3 atom stereocenters. The maximum absolute atomic E-state index is 3.80. The highest BCUT2D eigenvalue weighted by atomic mass is 14.9. The van der Waals surface area contributed by atoms with Crippen molar-refractivity contribution in [3.05, 3.63) is 35.9 Å². The summed E-state index contributed by atoms with van der Waals surface area (Å²) in [4.78, 5) is 0. The molecular formula is C19H31N. The predicted molar refractivity (Wildman–Crippen MR) is 88.1 cm³/mol. The molecule has 0 saturated heterocycles. The number of hydrogen-bond acceptors (Lipinski definition) is 1. The summed E-state index contributed by atoms with van der Waals surface area (Å²) in [5.74, 6) is 2.43. The molecule has 1 fully saturated rings. The highest BCUT2D eigenvalue weighted by Gasteiger charge is 2.30. The molecule has 0 radical (unpaired) electrons. The van der Waals surface area contributed by atoms with Gasteiger partial charge < -0.3 is 5.32 Å². The zero-order chi connectivity index (χ0) is 14.4. The third-order valence-electron chi connectivity index (χ3n) is 4.68. The first kappa shape index (κ1) is 15.6. The van der Waals surface area contributed by atoms with Gasteiger partial charge in [0.25, 0.3) is 0 Å². The summed E-state index contributed by atoms with van der Waals surface area (Å²) in [5, 5.41) is 3.80. The average molecular weight is 273 g/mol. The van der Waals surface area contributed by atoms with E-state index >= 15 is 0 Å². The molecule has 1 N–H and O–H groups in total. The van der Waals surface area contributed by atoms with Crippen LogP contribution in [0.2, 0.25) is 0 Å². The van der Waals surface area contributed by atoms with E-state index in [2.05, 4.69) is 56.4 Å². The van der Waals surface area contributed by atoms with E-state index in [1.807, 2.05) is 0 Å². The maximum atomic E-state index is 3.80. The lowest BCUT2D eigenvalue weighted by molar-refractivity contribution is 0.210. The van der Waals surface area contributed by atoms with Crippen LogP contribution < -0.4 is 5.32 Å². The summed E-state index contributed by atoms with van der Waals surface area (Å²) >= 11 is 0. The highest BCUT2D eigenvalue weighted by molar-refractivity contribution is 5.20. The molecule has 0 bridgehead atoms. The van der Waals surface area contributed by atoms with Gasteiger partial charge in [0.15, 0.2) is 0 Å². The van der Waals surface area contributed by atoms with E-state index < -0.39 is 0 Å². The van der Waals surface area contributed by atoms with Gasteiger partial charge in [0.05, 0.1) is 0 Å². The fourth-order valence-electron chi connectivity index (χ4n) is 3.76. The van der Waals surface area contributed by atoms with E-state index in [9.17, 15) is 0 Å². The summed E-state index contributed by atoms with van der Waals surface area (Å²) in [5.41, 5.74) is 1.55. The van der Waals surface area contributed by atoms with Gasteiger partial charge in [0.1, 0.15) is 0 Å². The van der Waals surface area contributed by atoms with Gasteiger partial charge in [-0.3, -0.25) is 0 Å². The van der Waals surface area contributed by atoms with Crippen LogP contribution in [-0.2, 0) is 0 Å². The Kier molecular flexibility index (Phi) is 6.09. The molecule has 1 aromatic carbocycles. The van der Waals surface area contributed by atoms with Crippen LogP contribution in [0.3, 0.4) is 0 Å². The topological polar surface area (TPSA) is 12.0 Å². The minimum Gasteiger partial charge on any atom is -0.314 e. The number of benzene rings is 1. The molecule has 0 aliphatic heterocycles. The van der Waals surface area contributed by atoms with Crippen molar-refractivity contribution in [3.63, 3.8) is 0 Å². The molecule has 1 saturated carbocycles. The average Bonchev–Trinajstić information content (AvgIpc) is 2.46. The fraction of sp³-hybridized carbons (Fsp3) is 0.684. The van der Waals surface area contributed by atoms with Crippen molar-refractivity contribution in [1.29, 1.82) is 0 Å². The Morgan fingerprint density at radius 2 is 1.90 bits per heavy atom. The minimum absolute atomic E-state index is 0.748. The SMILES string of the molecule is CCCNC1CCC(c2ccccc2)CC1CC(C)C. The molecule has 3 unspecified atom stereocenters. The largest absolute Gasteiger partial charge is 0.314 e. The van der Waals surface area contributed by atoms with Crippen LogP contribution in [0.15, 0.2) is 30.3 Å². The standard InChI is InChI=1S/C19H31N/c1-4-12-20-19-11-10-17(14-18(19)13-15(2)3)16-8-6-5-7-9-16/h5-9,15,17-20H,4,10-14H2,1-3H3. The number of rotatable bonds is 6. The number of nitrogens with one attached hydrogen (secondary N) is 1. The molecule has 2 rings (SSSR count). The van der Waals surface area contributed by atoms with Crippen molar-refractivity contribution in [2.45, 2.75) is 64.8 Å². The summed E-state index contributed by atoms with van der Waals surface area (Å²) in [6.45, 7) is 8.17. The van der Waals surface area contributed by atoms with Gasteiger partial charge in [-0.1, -0.05) is 51.1 Å². The van der Waals surface area contributed by atoms with E-state index in [0.717, 1.165) is 23.8 Å². The van der Waals surface area contributed by atoms with Crippen LogP contribution in [0.1, 0.15) is 64.4 Å². The number of hydrogen-bond donors (Lipinski definition) is 1. The molecule has 0 aromatic heterocycles. The molecule has 0 amide bonds. The van der Waals surface area contributed by atoms with E-state index in [4.69, 9.17) is 0 Å². The zero-order valence-electron chi connectivity index (χ0n) is 13.4. The fourth-order valence-corrected chi connectivity index (χ4v) is 3.76. The molecule has 1 aliphatic rings. The van der Waals surface area contributed by atoms with Gasteiger partial charge in [-0.05, 0) is 62.0 Å². The van der Waals surface area contributed by atoms with Crippen LogP contribution in [0.5, 0.6) is 0 Å². The van der Waals surface area contributed by atoms with E-state index in [1.54, 1.807) is 5.56 Å². The normalized spacial score (nSPS) is 26.9. The Morgan fingerprint density at radius 1 is 1.15 bits per heavy atom. The van der Waals surface area contributed by atoms with Crippen molar-refractivity contribution < 1.29 is 0 Å². The second-order valence-electron chi connectivity index (χ2n) is 6.87. The first-order chi connectivity index (χ1) is 9.70. The lowest BCUT2D eigenvalue weighted by Gasteiger charge is -2.38. The molecule has 20 heavy (non-hydrogen) atoms. The van der Waals surface area contributed by atoms with Gasteiger partial charge in [0.2, 0.25) is 0 Å². The lowest BCUT2D eigenvalue weighted by atomic mass is 9.72. The smallest absolute Gasteiger partial charge is 0.00958 e. The summed E-state index contributed by atoms with van der Waals surface area (Å²) < 4.78 is 0. The van der Waals surface area contributed by atoms with Crippen molar-refractivity contribution in [1.82, 2.24) is 5.32 Å². The Bertz CT molecular complexity index is 371. The van der Waals surface area contributed by atoms with Gasteiger partial charge in [0, 0.05) is 6.04 Å². The quantitative estimate of drug-likeness (QED) is 0.770. The summed E-state index contributed by atoms with van der Waals surface area (Å²) in [7, 11) is 0. The van der Waals surface area contributed by atoms with Crippen molar-refractivity contribution in [2.75, 3.05) is 6.54 Å². The van der Waals surface area contributed by atoms with Crippen LogP contribution in [-0.4, -0.2) is 12.6 Å². The molecule has 1 heteroatoms. The molecule has 112 valence electrons. The van der Waals surface area contributed by atoms with Crippen LogP contribution in [0, 0.1) is 11.8 Å². The Balaban J connectivity index is 2.00. The minimum atomic E-state index is 0.748. The second kappa shape index (κ2) is 7.83. The zero-order valence-corrected chi connectivity index (χ0v) is 13.4.